The van der Waals surface area contributed by atoms with Crippen LogP contribution in [0, 0.1) is 0 Å². The van der Waals surface area contributed by atoms with Gasteiger partial charge in [-0.1, -0.05) is 11.2 Å². The average Bonchev–Trinajstić information content (AvgIpc) is 2.83. The molecule has 2 heterocycles. The molecule has 5 heteroatoms. The number of rotatable bonds is 2. The van der Waals surface area contributed by atoms with Gasteiger partial charge in [0.1, 0.15) is 0 Å². The van der Waals surface area contributed by atoms with Crippen molar-refractivity contribution in [1.82, 2.24) is 10.1 Å². The summed E-state index contributed by atoms with van der Waals surface area (Å²) in [6.45, 7) is 0. The zero-order chi connectivity index (χ0) is 10.3. The van der Waals surface area contributed by atoms with Gasteiger partial charge in [-0.25, -0.2) is 0 Å². The van der Waals surface area contributed by atoms with Crippen molar-refractivity contribution in [2.24, 2.45) is 0 Å². The van der Waals surface area contributed by atoms with Gasteiger partial charge in [0.25, 0.3) is 0 Å². The van der Waals surface area contributed by atoms with E-state index in [2.05, 4.69) is 10.1 Å². The maximum Gasteiger partial charge on any atom is 0.230 e. The summed E-state index contributed by atoms with van der Waals surface area (Å²) in [5, 5.41) is 15.1. The first-order valence-electron chi connectivity index (χ1n) is 4.88. The Morgan fingerprint density at radius 1 is 1.47 bits per heavy atom. The Morgan fingerprint density at radius 3 is 3.00 bits per heavy atom. The predicted molar refractivity (Wildman–Crippen MR) is 55.6 cm³/mol. The Hall–Kier alpha value is -1.20. The number of hydrogen-bond acceptors (Lipinski definition) is 5. The van der Waals surface area contributed by atoms with Crippen LogP contribution in [-0.4, -0.2) is 21.4 Å². The molecule has 0 bridgehead atoms. The van der Waals surface area contributed by atoms with E-state index in [0.29, 0.717) is 11.7 Å². The molecule has 1 saturated carbocycles. The summed E-state index contributed by atoms with van der Waals surface area (Å²) in [7, 11) is 0. The van der Waals surface area contributed by atoms with Crippen LogP contribution < -0.4 is 0 Å². The maximum absolute atomic E-state index is 9.18. The van der Waals surface area contributed by atoms with Crippen molar-refractivity contribution in [1.29, 1.82) is 0 Å². The minimum atomic E-state index is -0.188. The van der Waals surface area contributed by atoms with E-state index in [0.717, 1.165) is 17.7 Å². The van der Waals surface area contributed by atoms with Crippen molar-refractivity contribution in [3.05, 3.63) is 23.4 Å². The molecule has 0 radical (unpaired) electrons. The lowest BCUT2D eigenvalue weighted by Crippen LogP contribution is -2.26. The Labute approximate surface area is 90.6 Å². The van der Waals surface area contributed by atoms with Crippen molar-refractivity contribution >= 4 is 11.3 Å². The molecular weight excluding hydrogens is 212 g/mol. The zero-order valence-electron chi connectivity index (χ0n) is 7.96. The van der Waals surface area contributed by atoms with Crippen LogP contribution in [0.4, 0.5) is 0 Å². The van der Waals surface area contributed by atoms with E-state index in [4.69, 9.17) is 4.52 Å². The highest BCUT2D eigenvalue weighted by atomic mass is 32.1. The molecule has 0 amide bonds. The molecule has 78 valence electrons. The summed E-state index contributed by atoms with van der Waals surface area (Å²) in [6.07, 6.45) is 1.30. The van der Waals surface area contributed by atoms with Crippen molar-refractivity contribution in [2.45, 2.75) is 24.9 Å². The summed E-state index contributed by atoms with van der Waals surface area (Å²) in [6, 6.07) is 3.93. The standard InChI is InChI=1S/C10H10N2O2S/c13-7-4-6(5-7)10-11-9(12-14-10)8-2-1-3-15-8/h1-3,6-7,13H,4-5H2. The van der Waals surface area contributed by atoms with E-state index < -0.39 is 0 Å². The first kappa shape index (κ1) is 9.06. The van der Waals surface area contributed by atoms with E-state index in [1.54, 1.807) is 11.3 Å². The number of nitrogens with zero attached hydrogens (tertiary/aromatic N) is 2. The third-order valence-corrected chi connectivity index (χ3v) is 3.51. The lowest BCUT2D eigenvalue weighted by molar-refractivity contribution is 0.0625. The number of hydrogen-bond donors (Lipinski definition) is 1. The zero-order valence-corrected chi connectivity index (χ0v) is 8.78. The molecule has 1 aliphatic carbocycles. The van der Waals surface area contributed by atoms with Crippen molar-refractivity contribution in [3.8, 4) is 10.7 Å². The topological polar surface area (TPSA) is 59.2 Å². The second-order valence-electron chi connectivity index (χ2n) is 3.76. The van der Waals surface area contributed by atoms with Crippen LogP contribution in [-0.2, 0) is 0 Å². The molecule has 0 aromatic carbocycles. The lowest BCUT2D eigenvalue weighted by atomic mass is 9.82. The summed E-state index contributed by atoms with van der Waals surface area (Å²) < 4.78 is 5.18. The smallest absolute Gasteiger partial charge is 0.230 e. The third kappa shape index (κ3) is 1.57. The summed E-state index contributed by atoms with van der Waals surface area (Å²) >= 11 is 1.59. The molecule has 0 saturated heterocycles. The van der Waals surface area contributed by atoms with Crippen LogP contribution in [0.25, 0.3) is 10.7 Å². The van der Waals surface area contributed by atoms with E-state index >= 15 is 0 Å². The quantitative estimate of drug-likeness (QED) is 0.844. The number of aliphatic hydroxyl groups excluding tert-OH is 1. The Kier molecular flexibility index (Phi) is 2.07. The van der Waals surface area contributed by atoms with Gasteiger partial charge in [-0.2, -0.15) is 4.98 Å². The van der Waals surface area contributed by atoms with Gasteiger partial charge >= 0.3 is 0 Å². The van der Waals surface area contributed by atoms with Crippen molar-refractivity contribution in [2.75, 3.05) is 0 Å². The van der Waals surface area contributed by atoms with Crippen LogP contribution >= 0.6 is 11.3 Å². The highest BCUT2D eigenvalue weighted by Gasteiger charge is 2.33. The molecule has 0 spiro atoms. The highest BCUT2D eigenvalue weighted by molar-refractivity contribution is 7.13. The molecule has 4 nitrogen and oxygen atoms in total. The molecule has 2 aromatic rings. The lowest BCUT2D eigenvalue weighted by Gasteiger charge is -2.27. The van der Waals surface area contributed by atoms with E-state index in [1.165, 1.54) is 0 Å². The predicted octanol–water partition coefficient (Wildman–Crippen LogP) is 2.04. The average molecular weight is 222 g/mol. The van der Waals surface area contributed by atoms with Crippen LogP contribution in [0.1, 0.15) is 24.7 Å². The normalized spacial score (nSPS) is 25.1. The highest BCUT2D eigenvalue weighted by Crippen LogP contribution is 2.36. The van der Waals surface area contributed by atoms with Crippen LogP contribution in [0.5, 0.6) is 0 Å². The van der Waals surface area contributed by atoms with Crippen LogP contribution in [0.15, 0.2) is 22.0 Å². The second kappa shape index (κ2) is 3.43. The SMILES string of the molecule is OC1CC(c2nc(-c3cccs3)no2)C1. The van der Waals surface area contributed by atoms with Crippen molar-refractivity contribution in [3.63, 3.8) is 0 Å². The van der Waals surface area contributed by atoms with E-state index in [-0.39, 0.29) is 12.0 Å². The first-order valence-corrected chi connectivity index (χ1v) is 5.76. The number of thiophene rings is 1. The van der Waals surface area contributed by atoms with Gasteiger partial charge in [-0.15, -0.1) is 11.3 Å². The third-order valence-electron chi connectivity index (χ3n) is 2.65. The fourth-order valence-electron chi connectivity index (χ4n) is 1.70. The molecule has 1 aliphatic rings. The molecule has 0 aliphatic heterocycles. The van der Waals surface area contributed by atoms with Crippen LogP contribution in [0.3, 0.4) is 0 Å². The van der Waals surface area contributed by atoms with E-state index in [1.807, 2.05) is 17.5 Å². The molecule has 15 heavy (non-hydrogen) atoms. The second-order valence-corrected chi connectivity index (χ2v) is 4.70. The Balaban J connectivity index is 1.82. The summed E-state index contributed by atoms with van der Waals surface area (Å²) in [5.41, 5.74) is 0. The van der Waals surface area contributed by atoms with Gasteiger partial charge < -0.3 is 9.63 Å². The van der Waals surface area contributed by atoms with Gasteiger partial charge in [0.15, 0.2) is 0 Å². The first-order chi connectivity index (χ1) is 7.33. The molecule has 0 atom stereocenters. The fraction of sp³-hybridized carbons (Fsp3) is 0.400. The van der Waals surface area contributed by atoms with Crippen molar-refractivity contribution < 1.29 is 9.63 Å². The van der Waals surface area contributed by atoms with Gasteiger partial charge in [0.2, 0.25) is 11.7 Å². The summed E-state index contributed by atoms with van der Waals surface area (Å²) in [5.74, 6) is 1.56. The Morgan fingerprint density at radius 2 is 2.33 bits per heavy atom. The number of aliphatic hydroxyl groups is 1. The summed E-state index contributed by atoms with van der Waals surface area (Å²) in [4.78, 5) is 5.35. The van der Waals surface area contributed by atoms with Gasteiger partial charge in [0.05, 0.1) is 11.0 Å². The Bertz CT molecular complexity index is 446. The monoisotopic (exact) mass is 222 g/mol. The molecular formula is C10H10N2O2S. The molecule has 2 aromatic heterocycles. The van der Waals surface area contributed by atoms with E-state index in [9.17, 15) is 5.11 Å². The minimum absolute atomic E-state index is 0.188. The van der Waals surface area contributed by atoms with Gasteiger partial charge in [-0.05, 0) is 24.3 Å². The largest absolute Gasteiger partial charge is 0.393 e. The van der Waals surface area contributed by atoms with Gasteiger partial charge in [-0.3, -0.25) is 0 Å². The van der Waals surface area contributed by atoms with Crippen LogP contribution in [0.2, 0.25) is 0 Å². The molecule has 1 fully saturated rings. The number of aromatic nitrogens is 2. The van der Waals surface area contributed by atoms with Gasteiger partial charge in [0, 0.05) is 5.92 Å². The minimum Gasteiger partial charge on any atom is -0.393 e. The maximum atomic E-state index is 9.18. The molecule has 1 N–H and O–H groups in total. The fourth-order valence-corrected chi connectivity index (χ4v) is 2.35. The molecule has 0 unspecified atom stereocenters. The molecule has 3 rings (SSSR count).